The van der Waals surface area contributed by atoms with Crippen molar-refractivity contribution in [3.05, 3.63) is 35.4 Å². The van der Waals surface area contributed by atoms with E-state index >= 15 is 0 Å². The first-order valence-electron chi connectivity index (χ1n) is 6.64. The van der Waals surface area contributed by atoms with E-state index < -0.39 is 0 Å². The standard InChI is InChI=1S/C15H21N3/c1-12(14-6-3-5-13(9-14)10-16)17-11-15-7-4-8-18(15)2/h3,5-6,9,12,15,17H,4,7-8,11H2,1-2H3. The van der Waals surface area contributed by atoms with Crippen LogP contribution < -0.4 is 5.32 Å². The molecule has 0 saturated carbocycles. The van der Waals surface area contributed by atoms with Crippen molar-refractivity contribution in [3.8, 4) is 6.07 Å². The van der Waals surface area contributed by atoms with Crippen LogP contribution in [0.2, 0.25) is 0 Å². The Morgan fingerprint density at radius 3 is 3.06 bits per heavy atom. The molecule has 1 aromatic carbocycles. The van der Waals surface area contributed by atoms with Crippen LogP contribution in [0.25, 0.3) is 0 Å². The third-order valence-corrected chi connectivity index (χ3v) is 3.85. The van der Waals surface area contributed by atoms with Gasteiger partial charge in [-0.05, 0) is 51.1 Å². The highest BCUT2D eigenvalue weighted by molar-refractivity contribution is 5.34. The summed E-state index contributed by atoms with van der Waals surface area (Å²) in [5.41, 5.74) is 1.92. The molecular formula is C15H21N3. The molecule has 0 spiro atoms. The SMILES string of the molecule is CC(NCC1CCCN1C)c1cccc(C#N)c1. The highest BCUT2D eigenvalue weighted by Crippen LogP contribution is 2.17. The molecule has 2 rings (SSSR count). The van der Waals surface area contributed by atoms with Gasteiger partial charge in [-0.15, -0.1) is 0 Å². The number of likely N-dealkylation sites (N-methyl/N-ethyl adjacent to an activating group) is 1. The normalized spacial score (nSPS) is 21.7. The van der Waals surface area contributed by atoms with Gasteiger partial charge in [0.1, 0.15) is 0 Å². The fraction of sp³-hybridized carbons (Fsp3) is 0.533. The average Bonchev–Trinajstić information content (AvgIpc) is 2.81. The third kappa shape index (κ3) is 3.10. The fourth-order valence-electron chi connectivity index (χ4n) is 2.55. The number of nitrogens with one attached hydrogen (secondary N) is 1. The van der Waals surface area contributed by atoms with Gasteiger partial charge >= 0.3 is 0 Å². The lowest BCUT2D eigenvalue weighted by Gasteiger charge is -2.22. The largest absolute Gasteiger partial charge is 0.309 e. The van der Waals surface area contributed by atoms with E-state index in [1.165, 1.54) is 24.9 Å². The second kappa shape index (κ2) is 5.99. The maximum absolute atomic E-state index is 8.90. The summed E-state index contributed by atoms with van der Waals surface area (Å²) in [6, 6.07) is 11.0. The summed E-state index contributed by atoms with van der Waals surface area (Å²) in [5, 5.41) is 12.5. The van der Waals surface area contributed by atoms with Gasteiger partial charge in [0.25, 0.3) is 0 Å². The molecular weight excluding hydrogens is 222 g/mol. The Morgan fingerprint density at radius 2 is 2.39 bits per heavy atom. The number of rotatable bonds is 4. The van der Waals surface area contributed by atoms with Crippen LogP contribution in [0.4, 0.5) is 0 Å². The molecule has 96 valence electrons. The molecule has 1 heterocycles. The molecule has 1 saturated heterocycles. The van der Waals surface area contributed by atoms with Crippen molar-refractivity contribution in [3.63, 3.8) is 0 Å². The van der Waals surface area contributed by atoms with Gasteiger partial charge in [0.05, 0.1) is 11.6 Å². The van der Waals surface area contributed by atoms with Crippen LogP contribution in [-0.2, 0) is 0 Å². The van der Waals surface area contributed by atoms with Crippen molar-refractivity contribution in [1.82, 2.24) is 10.2 Å². The highest BCUT2D eigenvalue weighted by Gasteiger charge is 2.20. The summed E-state index contributed by atoms with van der Waals surface area (Å²) in [6.45, 7) is 4.39. The minimum atomic E-state index is 0.298. The van der Waals surface area contributed by atoms with Crippen LogP contribution in [-0.4, -0.2) is 31.1 Å². The lowest BCUT2D eigenvalue weighted by Crippen LogP contribution is -2.36. The second-order valence-electron chi connectivity index (χ2n) is 5.14. The molecule has 1 aromatic rings. The zero-order chi connectivity index (χ0) is 13.0. The lowest BCUT2D eigenvalue weighted by atomic mass is 10.1. The maximum atomic E-state index is 8.90. The fourth-order valence-corrected chi connectivity index (χ4v) is 2.55. The number of nitrogens with zero attached hydrogens (tertiary/aromatic N) is 2. The summed E-state index contributed by atoms with van der Waals surface area (Å²) in [6.07, 6.45) is 2.59. The van der Waals surface area contributed by atoms with E-state index in [9.17, 15) is 0 Å². The molecule has 3 nitrogen and oxygen atoms in total. The Kier molecular flexibility index (Phi) is 4.35. The highest BCUT2D eigenvalue weighted by atomic mass is 15.2. The van der Waals surface area contributed by atoms with Crippen molar-refractivity contribution in [1.29, 1.82) is 5.26 Å². The van der Waals surface area contributed by atoms with Crippen molar-refractivity contribution >= 4 is 0 Å². The van der Waals surface area contributed by atoms with Crippen LogP contribution in [0.15, 0.2) is 24.3 Å². The number of likely N-dealkylation sites (tertiary alicyclic amines) is 1. The smallest absolute Gasteiger partial charge is 0.0991 e. The Hall–Kier alpha value is -1.37. The predicted octanol–water partition coefficient (Wildman–Crippen LogP) is 2.30. The van der Waals surface area contributed by atoms with Gasteiger partial charge in [0, 0.05) is 18.6 Å². The monoisotopic (exact) mass is 243 g/mol. The molecule has 0 bridgehead atoms. The third-order valence-electron chi connectivity index (χ3n) is 3.85. The van der Waals surface area contributed by atoms with E-state index in [2.05, 4.69) is 36.3 Å². The molecule has 0 amide bonds. The van der Waals surface area contributed by atoms with Gasteiger partial charge < -0.3 is 10.2 Å². The average molecular weight is 243 g/mol. The summed E-state index contributed by atoms with van der Waals surface area (Å²) in [7, 11) is 2.19. The Balaban J connectivity index is 1.91. The van der Waals surface area contributed by atoms with E-state index in [4.69, 9.17) is 5.26 Å². The van der Waals surface area contributed by atoms with E-state index in [0.717, 1.165) is 12.1 Å². The first-order chi connectivity index (χ1) is 8.70. The second-order valence-corrected chi connectivity index (χ2v) is 5.14. The van der Waals surface area contributed by atoms with Crippen molar-refractivity contribution in [2.45, 2.75) is 31.8 Å². The topological polar surface area (TPSA) is 39.1 Å². The van der Waals surface area contributed by atoms with E-state index in [1.54, 1.807) is 0 Å². The number of nitriles is 1. The first kappa shape index (κ1) is 13.1. The zero-order valence-electron chi connectivity index (χ0n) is 11.2. The summed E-state index contributed by atoms with van der Waals surface area (Å²) in [4.78, 5) is 2.42. The molecule has 1 N–H and O–H groups in total. The lowest BCUT2D eigenvalue weighted by molar-refractivity contribution is 0.293. The Bertz CT molecular complexity index is 436. The minimum Gasteiger partial charge on any atom is -0.309 e. The van der Waals surface area contributed by atoms with Gasteiger partial charge in [0.2, 0.25) is 0 Å². The van der Waals surface area contributed by atoms with E-state index in [1.807, 2.05) is 18.2 Å². The molecule has 1 aliphatic heterocycles. The Labute approximate surface area is 109 Å². The number of hydrogen-bond acceptors (Lipinski definition) is 3. The molecule has 2 atom stereocenters. The molecule has 0 aromatic heterocycles. The number of hydrogen-bond donors (Lipinski definition) is 1. The summed E-state index contributed by atoms with van der Waals surface area (Å²) in [5.74, 6) is 0. The summed E-state index contributed by atoms with van der Waals surface area (Å²) < 4.78 is 0. The molecule has 2 unspecified atom stereocenters. The maximum Gasteiger partial charge on any atom is 0.0991 e. The quantitative estimate of drug-likeness (QED) is 0.882. The predicted molar refractivity (Wildman–Crippen MR) is 73.2 cm³/mol. The molecule has 18 heavy (non-hydrogen) atoms. The van der Waals surface area contributed by atoms with Crippen molar-refractivity contribution < 1.29 is 0 Å². The van der Waals surface area contributed by atoms with Gasteiger partial charge in [-0.2, -0.15) is 5.26 Å². The van der Waals surface area contributed by atoms with E-state index in [-0.39, 0.29) is 0 Å². The number of benzene rings is 1. The van der Waals surface area contributed by atoms with Crippen LogP contribution >= 0.6 is 0 Å². The van der Waals surface area contributed by atoms with Crippen molar-refractivity contribution in [2.24, 2.45) is 0 Å². The molecule has 3 heteroatoms. The minimum absolute atomic E-state index is 0.298. The van der Waals surface area contributed by atoms with Gasteiger partial charge in [0.15, 0.2) is 0 Å². The molecule has 0 radical (unpaired) electrons. The van der Waals surface area contributed by atoms with Gasteiger partial charge in [-0.25, -0.2) is 0 Å². The molecule has 1 fully saturated rings. The summed E-state index contributed by atoms with van der Waals surface area (Å²) >= 11 is 0. The molecule has 1 aliphatic rings. The van der Waals surface area contributed by atoms with Crippen LogP contribution in [0.1, 0.15) is 36.9 Å². The van der Waals surface area contributed by atoms with Crippen LogP contribution in [0, 0.1) is 11.3 Å². The van der Waals surface area contributed by atoms with Gasteiger partial charge in [-0.1, -0.05) is 12.1 Å². The van der Waals surface area contributed by atoms with Crippen LogP contribution in [0.3, 0.4) is 0 Å². The zero-order valence-corrected chi connectivity index (χ0v) is 11.2. The van der Waals surface area contributed by atoms with E-state index in [0.29, 0.717) is 12.1 Å². The van der Waals surface area contributed by atoms with Crippen LogP contribution in [0.5, 0.6) is 0 Å². The first-order valence-corrected chi connectivity index (χ1v) is 6.64. The van der Waals surface area contributed by atoms with Gasteiger partial charge in [-0.3, -0.25) is 0 Å². The molecule has 0 aliphatic carbocycles. The Morgan fingerprint density at radius 1 is 1.56 bits per heavy atom. The van der Waals surface area contributed by atoms with Crippen molar-refractivity contribution in [2.75, 3.05) is 20.1 Å².